The second-order valence-electron chi connectivity index (χ2n) is 6.81. The highest BCUT2D eigenvalue weighted by Gasteiger charge is 2.47. The van der Waals surface area contributed by atoms with Crippen LogP contribution >= 0.6 is 11.6 Å². The lowest BCUT2D eigenvalue weighted by molar-refractivity contribution is -0.188. The van der Waals surface area contributed by atoms with Crippen LogP contribution in [0.4, 0.5) is 5.69 Å². The third-order valence-electron chi connectivity index (χ3n) is 5.42. The number of imide groups is 1. The Hall–Kier alpha value is -1.47. The van der Waals surface area contributed by atoms with Crippen molar-refractivity contribution in [3.05, 3.63) is 28.8 Å². The minimum absolute atomic E-state index is 0.167. The number of anilines is 1. The SMILES string of the molecule is Cc1c(Cl)cccc1N1C(=O)CC(N2CCC3(CC2)OCCO3)C1=O. The van der Waals surface area contributed by atoms with Crippen molar-refractivity contribution in [2.24, 2.45) is 0 Å². The second-order valence-corrected chi connectivity index (χ2v) is 7.22. The van der Waals surface area contributed by atoms with Gasteiger partial charge in [-0.1, -0.05) is 17.7 Å². The Labute approximate surface area is 151 Å². The van der Waals surface area contributed by atoms with E-state index in [4.69, 9.17) is 21.1 Å². The Balaban J connectivity index is 1.51. The van der Waals surface area contributed by atoms with Crippen LogP contribution < -0.4 is 4.90 Å². The van der Waals surface area contributed by atoms with Gasteiger partial charge in [-0.05, 0) is 24.6 Å². The molecular weight excluding hydrogens is 344 g/mol. The molecule has 3 fully saturated rings. The molecular formula is C18H21ClN2O4. The number of ether oxygens (including phenoxy) is 2. The number of piperidine rings is 1. The summed E-state index contributed by atoms with van der Waals surface area (Å²) in [7, 11) is 0. The lowest BCUT2D eigenvalue weighted by Crippen LogP contribution is -2.51. The third kappa shape index (κ3) is 2.87. The summed E-state index contributed by atoms with van der Waals surface area (Å²) in [4.78, 5) is 28.9. The van der Waals surface area contributed by atoms with Crippen LogP contribution in [-0.2, 0) is 19.1 Å². The monoisotopic (exact) mass is 364 g/mol. The van der Waals surface area contributed by atoms with Crippen molar-refractivity contribution in [2.75, 3.05) is 31.2 Å². The molecule has 7 heteroatoms. The van der Waals surface area contributed by atoms with E-state index in [0.29, 0.717) is 37.0 Å². The normalized spacial score (nSPS) is 26.8. The number of benzene rings is 1. The number of carbonyl (C=O) groups excluding carboxylic acids is 2. The highest BCUT2D eigenvalue weighted by molar-refractivity contribution is 6.32. The second kappa shape index (κ2) is 6.36. The van der Waals surface area contributed by atoms with Gasteiger partial charge in [0.2, 0.25) is 5.91 Å². The molecule has 1 aromatic carbocycles. The van der Waals surface area contributed by atoms with Crippen molar-refractivity contribution in [1.29, 1.82) is 0 Å². The van der Waals surface area contributed by atoms with E-state index in [1.54, 1.807) is 18.2 Å². The molecule has 0 N–H and O–H groups in total. The Morgan fingerprint density at radius 3 is 2.52 bits per heavy atom. The zero-order chi connectivity index (χ0) is 17.6. The maximum absolute atomic E-state index is 12.9. The van der Waals surface area contributed by atoms with Crippen molar-refractivity contribution in [3.63, 3.8) is 0 Å². The van der Waals surface area contributed by atoms with Crippen LogP contribution in [0.1, 0.15) is 24.8 Å². The first-order valence-corrected chi connectivity index (χ1v) is 9.02. The van der Waals surface area contributed by atoms with Gasteiger partial charge in [-0.2, -0.15) is 0 Å². The Morgan fingerprint density at radius 2 is 1.84 bits per heavy atom. The molecule has 25 heavy (non-hydrogen) atoms. The Kier molecular flexibility index (Phi) is 4.32. The number of hydrogen-bond donors (Lipinski definition) is 0. The van der Waals surface area contributed by atoms with Gasteiger partial charge in [0.25, 0.3) is 5.91 Å². The maximum Gasteiger partial charge on any atom is 0.251 e. The number of nitrogens with zero attached hydrogens (tertiary/aromatic N) is 2. The van der Waals surface area contributed by atoms with Crippen LogP contribution in [0.15, 0.2) is 18.2 Å². The van der Waals surface area contributed by atoms with E-state index in [9.17, 15) is 9.59 Å². The fourth-order valence-corrected chi connectivity index (χ4v) is 4.12. The maximum atomic E-state index is 12.9. The molecule has 3 heterocycles. The summed E-state index contributed by atoms with van der Waals surface area (Å²) in [5.74, 6) is -0.820. The fourth-order valence-electron chi connectivity index (χ4n) is 3.95. The largest absolute Gasteiger partial charge is 0.347 e. The van der Waals surface area contributed by atoms with Gasteiger partial charge in [0, 0.05) is 31.0 Å². The molecule has 1 atom stereocenters. The number of likely N-dealkylation sites (tertiary alicyclic amines) is 1. The molecule has 0 aliphatic carbocycles. The average Bonchev–Trinajstić information content (AvgIpc) is 3.17. The van der Waals surface area contributed by atoms with Crippen LogP contribution in [-0.4, -0.2) is 54.8 Å². The van der Waals surface area contributed by atoms with Gasteiger partial charge in [-0.25, -0.2) is 4.90 Å². The summed E-state index contributed by atoms with van der Waals surface area (Å²) in [6, 6.07) is 4.88. The molecule has 1 unspecified atom stereocenters. The van der Waals surface area contributed by atoms with Crippen molar-refractivity contribution in [2.45, 2.75) is 38.0 Å². The van der Waals surface area contributed by atoms with Crippen LogP contribution in [0.25, 0.3) is 0 Å². The van der Waals surface area contributed by atoms with E-state index < -0.39 is 11.8 Å². The third-order valence-corrected chi connectivity index (χ3v) is 5.83. The molecule has 0 saturated carbocycles. The quantitative estimate of drug-likeness (QED) is 0.752. The first kappa shape index (κ1) is 17.0. The van der Waals surface area contributed by atoms with E-state index in [1.807, 2.05) is 6.92 Å². The van der Waals surface area contributed by atoms with Crippen LogP contribution in [0.2, 0.25) is 5.02 Å². The van der Waals surface area contributed by atoms with Crippen LogP contribution in [0, 0.1) is 6.92 Å². The zero-order valence-electron chi connectivity index (χ0n) is 14.2. The van der Waals surface area contributed by atoms with Gasteiger partial charge < -0.3 is 9.47 Å². The van der Waals surface area contributed by atoms with Crippen molar-refractivity contribution < 1.29 is 19.1 Å². The van der Waals surface area contributed by atoms with E-state index in [2.05, 4.69) is 4.90 Å². The molecule has 3 saturated heterocycles. The lowest BCUT2D eigenvalue weighted by atomic mass is 10.0. The van der Waals surface area contributed by atoms with Crippen molar-refractivity contribution in [3.8, 4) is 0 Å². The smallest absolute Gasteiger partial charge is 0.251 e. The van der Waals surface area contributed by atoms with Gasteiger partial charge in [0.05, 0.1) is 31.4 Å². The predicted octanol–water partition coefficient (Wildman–Crippen LogP) is 2.12. The highest BCUT2D eigenvalue weighted by atomic mass is 35.5. The topological polar surface area (TPSA) is 59.1 Å². The number of halogens is 1. The van der Waals surface area contributed by atoms with Crippen LogP contribution in [0.5, 0.6) is 0 Å². The summed E-state index contributed by atoms with van der Waals surface area (Å²) < 4.78 is 11.5. The Morgan fingerprint density at radius 1 is 1.16 bits per heavy atom. The standard InChI is InChI=1S/C18H21ClN2O4/c1-12-13(19)3-2-4-14(12)21-16(22)11-15(17(21)23)20-7-5-18(6-8-20)24-9-10-25-18/h2-4,15H,5-11H2,1H3. The Bertz CT molecular complexity index is 707. The number of hydrogen-bond acceptors (Lipinski definition) is 5. The summed E-state index contributed by atoms with van der Waals surface area (Å²) in [6.45, 7) is 4.45. The summed E-state index contributed by atoms with van der Waals surface area (Å²) in [5.41, 5.74) is 1.33. The van der Waals surface area contributed by atoms with Gasteiger partial charge >= 0.3 is 0 Å². The average molecular weight is 365 g/mol. The van der Waals surface area contributed by atoms with Crippen molar-refractivity contribution >= 4 is 29.1 Å². The van der Waals surface area contributed by atoms with E-state index in [1.165, 1.54) is 4.90 Å². The summed E-state index contributed by atoms with van der Waals surface area (Å²) >= 11 is 6.15. The first-order valence-electron chi connectivity index (χ1n) is 8.65. The molecule has 134 valence electrons. The highest BCUT2D eigenvalue weighted by Crippen LogP contribution is 2.35. The molecule has 0 radical (unpaired) electrons. The van der Waals surface area contributed by atoms with Gasteiger partial charge in [-0.3, -0.25) is 14.5 Å². The summed E-state index contributed by atoms with van der Waals surface area (Å²) in [6.07, 6.45) is 1.65. The predicted molar refractivity (Wildman–Crippen MR) is 92.5 cm³/mol. The lowest BCUT2D eigenvalue weighted by Gasteiger charge is -2.39. The van der Waals surface area contributed by atoms with E-state index >= 15 is 0 Å². The molecule has 1 spiro atoms. The van der Waals surface area contributed by atoms with Gasteiger partial charge in [0.15, 0.2) is 5.79 Å². The molecule has 4 rings (SSSR count). The van der Waals surface area contributed by atoms with Gasteiger partial charge in [-0.15, -0.1) is 0 Å². The molecule has 1 aromatic rings. The summed E-state index contributed by atoms with van der Waals surface area (Å²) in [5, 5.41) is 0.553. The molecule has 6 nitrogen and oxygen atoms in total. The molecule has 0 aromatic heterocycles. The molecule has 2 amide bonds. The van der Waals surface area contributed by atoms with E-state index in [0.717, 1.165) is 18.4 Å². The van der Waals surface area contributed by atoms with Crippen molar-refractivity contribution in [1.82, 2.24) is 4.90 Å². The van der Waals surface area contributed by atoms with Crippen LogP contribution in [0.3, 0.4) is 0 Å². The van der Waals surface area contributed by atoms with E-state index in [-0.39, 0.29) is 18.2 Å². The molecule has 3 aliphatic rings. The number of amides is 2. The molecule has 0 bridgehead atoms. The minimum atomic E-state index is -0.481. The molecule has 3 aliphatic heterocycles. The minimum Gasteiger partial charge on any atom is -0.347 e. The first-order chi connectivity index (χ1) is 12.0. The zero-order valence-corrected chi connectivity index (χ0v) is 14.9. The fraction of sp³-hybridized carbons (Fsp3) is 0.556. The number of rotatable bonds is 2. The van der Waals surface area contributed by atoms with Gasteiger partial charge in [0.1, 0.15) is 0 Å². The number of carbonyl (C=O) groups is 2.